The summed E-state index contributed by atoms with van der Waals surface area (Å²) in [6.45, 7) is 0.320. The van der Waals surface area contributed by atoms with E-state index in [1.807, 2.05) is 24.3 Å². The van der Waals surface area contributed by atoms with Gasteiger partial charge in [-0.1, -0.05) is 48.5 Å². The van der Waals surface area contributed by atoms with E-state index in [1.54, 1.807) is 7.05 Å². The van der Waals surface area contributed by atoms with E-state index in [9.17, 15) is 9.59 Å². The molecule has 0 fully saturated rings. The van der Waals surface area contributed by atoms with Crippen LogP contribution in [0.25, 0.3) is 11.1 Å². The van der Waals surface area contributed by atoms with Gasteiger partial charge in [-0.15, -0.1) is 0 Å². The molecule has 0 atom stereocenters. The van der Waals surface area contributed by atoms with Crippen LogP contribution >= 0.6 is 0 Å². The smallest absolute Gasteiger partial charge is 0.407 e. The molecule has 0 saturated carbocycles. The molecule has 1 aliphatic rings. The quantitative estimate of drug-likeness (QED) is 0.712. The number of nitrogens with zero attached hydrogens (tertiary/aromatic N) is 2. The number of rotatable bonds is 5. The molecule has 2 aromatic carbocycles. The molecule has 4 rings (SSSR count). The number of carbonyl (C=O) groups is 2. The lowest BCUT2D eigenvalue weighted by molar-refractivity contribution is 0.0685. The van der Waals surface area contributed by atoms with E-state index in [2.05, 4.69) is 34.7 Å². The number of carboxylic acids is 1. The van der Waals surface area contributed by atoms with Crippen molar-refractivity contribution in [3.8, 4) is 11.1 Å². The first-order valence-corrected chi connectivity index (χ1v) is 8.89. The predicted octanol–water partition coefficient (Wildman–Crippen LogP) is 3.16. The molecule has 142 valence electrons. The number of carboxylic acid groups (broad SMARTS) is 1. The molecule has 0 saturated heterocycles. The molecule has 28 heavy (non-hydrogen) atoms. The Kier molecular flexibility index (Phi) is 4.57. The number of ether oxygens (including phenoxy) is 1. The van der Waals surface area contributed by atoms with Crippen LogP contribution in [0.2, 0.25) is 0 Å². The van der Waals surface area contributed by atoms with Crippen LogP contribution < -0.4 is 5.32 Å². The van der Waals surface area contributed by atoms with Gasteiger partial charge in [0.15, 0.2) is 0 Å². The van der Waals surface area contributed by atoms with Crippen molar-refractivity contribution in [2.75, 3.05) is 6.61 Å². The molecule has 1 aromatic heterocycles. The Balaban J connectivity index is 1.40. The molecule has 1 amide bonds. The summed E-state index contributed by atoms with van der Waals surface area (Å²) in [7, 11) is 1.54. The second-order valence-electron chi connectivity index (χ2n) is 6.63. The fourth-order valence-corrected chi connectivity index (χ4v) is 3.63. The average molecular weight is 377 g/mol. The molecule has 7 heteroatoms. The molecule has 7 nitrogen and oxygen atoms in total. The standard InChI is InChI=1S/C21H19N3O4/c1-24-19(20(25)26)10-13(23-24)11-22-21(27)28-12-18-16-8-4-2-6-14(16)15-7-3-5-9-17(15)18/h2-10,18H,11-12H2,1H3,(H,22,27)(H,25,26). The van der Waals surface area contributed by atoms with Crippen LogP contribution in [0.5, 0.6) is 0 Å². The zero-order chi connectivity index (χ0) is 19.7. The van der Waals surface area contributed by atoms with Crippen LogP contribution in [0, 0.1) is 0 Å². The van der Waals surface area contributed by atoms with Crippen molar-refractivity contribution in [3.05, 3.63) is 77.1 Å². The molecule has 0 radical (unpaired) electrons. The summed E-state index contributed by atoms with van der Waals surface area (Å²) in [5.41, 5.74) is 5.14. The van der Waals surface area contributed by atoms with Gasteiger partial charge in [0, 0.05) is 13.0 Å². The monoisotopic (exact) mass is 377 g/mol. The van der Waals surface area contributed by atoms with Gasteiger partial charge in [0.1, 0.15) is 12.3 Å². The number of hydrogen-bond acceptors (Lipinski definition) is 4. The summed E-state index contributed by atoms with van der Waals surface area (Å²) in [6.07, 6.45) is -0.565. The summed E-state index contributed by atoms with van der Waals surface area (Å²) in [5.74, 6) is -1.07. The molecule has 3 aromatic rings. The normalized spacial score (nSPS) is 12.3. The fourth-order valence-electron chi connectivity index (χ4n) is 3.63. The minimum absolute atomic E-state index is 0.00777. The zero-order valence-electron chi connectivity index (χ0n) is 15.3. The number of nitrogens with one attached hydrogen (secondary N) is 1. The van der Waals surface area contributed by atoms with E-state index in [1.165, 1.54) is 21.9 Å². The van der Waals surface area contributed by atoms with Crippen molar-refractivity contribution in [2.45, 2.75) is 12.5 Å². The van der Waals surface area contributed by atoms with Gasteiger partial charge in [-0.3, -0.25) is 4.68 Å². The molecular formula is C21H19N3O4. The lowest BCUT2D eigenvalue weighted by atomic mass is 9.98. The summed E-state index contributed by atoms with van der Waals surface area (Å²) in [6, 6.07) is 17.7. The maximum Gasteiger partial charge on any atom is 0.407 e. The van der Waals surface area contributed by atoms with E-state index in [0.29, 0.717) is 5.69 Å². The van der Waals surface area contributed by atoms with Crippen LogP contribution in [0.1, 0.15) is 33.2 Å². The number of alkyl carbamates (subject to hydrolysis) is 1. The minimum Gasteiger partial charge on any atom is -0.477 e. The lowest BCUT2D eigenvalue weighted by Crippen LogP contribution is -2.25. The summed E-state index contributed by atoms with van der Waals surface area (Å²) < 4.78 is 6.71. The number of aromatic nitrogens is 2. The molecular weight excluding hydrogens is 358 g/mol. The highest BCUT2D eigenvalue weighted by molar-refractivity contribution is 5.85. The van der Waals surface area contributed by atoms with Crippen molar-refractivity contribution in [1.82, 2.24) is 15.1 Å². The summed E-state index contributed by atoms with van der Waals surface area (Å²) in [5, 5.41) is 15.7. The molecule has 1 heterocycles. The summed E-state index contributed by atoms with van der Waals surface area (Å²) in [4.78, 5) is 23.2. The highest BCUT2D eigenvalue weighted by Gasteiger charge is 2.29. The first-order chi connectivity index (χ1) is 13.5. The van der Waals surface area contributed by atoms with Crippen LogP contribution in [0.15, 0.2) is 54.6 Å². The van der Waals surface area contributed by atoms with Crippen molar-refractivity contribution >= 4 is 12.1 Å². The van der Waals surface area contributed by atoms with Crippen LogP contribution in [0.4, 0.5) is 4.79 Å². The third-order valence-corrected chi connectivity index (χ3v) is 4.91. The number of hydrogen-bond donors (Lipinski definition) is 2. The van der Waals surface area contributed by atoms with E-state index < -0.39 is 12.1 Å². The van der Waals surface area contributed by atoms with Gasteiger partial charge in [-0.2, -0.15) is 5.10 Å². The van der Waals surface area contributed by atoms with Crippen LogP contribution in [-0.2, 0) is 18.3 Å². The third-order valence-electron chi connectivity index (χ3n) is 4.91. The highest BCUT2D eigenvalue weighted by Crippen LogP contribution is 2.44. The van der Waals surface area contributed by atoms with Crippen LogP contribution in [-0.4, -0.2) is 33.6 Å². The summed E-state index contributed by atoms with van der Waals surface area (Å²) >= 11 is 0. The van der Waals surface area contributed by atoms with Crippen molar-refractivity contribution in [2.24, 2.45) is 7.05 Å². The highest BCUT2D eigenvalue weighted by atomic mass is 16.5. The SMILES string of the molecule is Cn1nc(CNC(=O)OCC2c3ccccc3-c3ccccc32)cc1C(=O)O. The van der Waals surface area contributed by atoms with Crippen molar-refractivity contribution in [1.29, 1.82) is 0 Å². The first-order valence-electron chi connectivity index (χ1n) is 8.89. The van der Waals surface area contributed by atoms with Gasteiger partial charge in [0.2, 0.25) is 0 Å². The van der Waals surface area contributed by atoms with Gasteiger partial charge in [-0.05, 0) is 28.3 Å². The van der Waals surface area contributed by atoms with E-state index in [0.717, 1.165) is 11.1 Å². The Morgan fingerprint density at radius 3 is 2.29 bits per heavy atom. The molecule has 0 aliphatic heterocycles. The van der Waals surface area contributed by atoms with Gasteiger partial charge < -0.3 is 15.2 Å². The maximum absolute atomic E-state index is 12.1. The Morgan fingerprint density at radius 1 is 1.11 bits per heavy atom. The number of aryl methyl sites for hydroxylation is 1. The average Bonchev–Trinajstić information content (AvgIpc) is 3.23. The number of amides is 1. The third kappa shape index (κ3) is 3.22. The van der Waals surface area contributed by atoms with E-state index in [-0.39, 0.29) is 24.8 Å². The Bertz CT molecular complexity index is 1010. The topological polar surface area (TPSA) is 93.5 Å². The van der Waals surface area contributed by atoms with E-state index >= 15 is 0 Å². The van der Waals surface area contributed by atoms with Gasteiger partial charge in [0.05, 0.1) is 12.2 Å². The Labute approximate surface area is 161 Å². The van der Waals surface area contributed by atoms with Gasteiger partial charge >= 0.3 is 12.1 Å². The number of fused-ring (bicyclic) bond motifs is 3. The maximum atomic E-state index is 12.1. The van der Waals surface area contributed by atoms with Gasteiger partial charge in [0.25, 0.3) is 0 Å². The zero-order valence-corrected chi connectivity index (χ0v) is 15.3. The minimum atomic E-state index is -1.07. The fraction of sp³-hybridized carbons (Fsp3) is 0.190. The van der Waals surface area contributed by atoms with Crippen LogP contribution in [0.3, 0.4) is 0 Å². The first kappa shape index (κ1) is 17.8. The van der Waals surface area contributed by atoms with Crippen molar-refractivity contribution < 1.29 is 19.4 Å². The largest absolute Gasteiger partial charge is 0.477 e. The molecule has 0 bridgehead atoms. The molecule has 2 N–H and O–H groups in total. The molecule has 0 spiro atoms. The Morgan fingerprint density at radius 2 is 1.71 bits per heavy atom. The second kappa shape index (κ2) is 7.19. The van der Waals surface area contributed by atoms with Crippen molar-refractivity contribution in [3.63, 3.8) is 0 Å². The molecule has 1 aliphatic carbocycles. The van der Waals surface area contributed by atoms with E-state index in [4.69, 9.17) is 9.84 Å². The number of carbonyl (C=O) groups excluding carboxylic acids is 1. The second-order valence-corrected chi connectivity index (χ2v) is 6.63. The lowest BCUT2D eigenvalue weighted by Gasteiger charge is -2.14. The predicted molar refractivity (Wildman–Crippen MR) is 102 cm³/mol. The Hall–Kier alpha value is -3.61. The number of aromatic carboxylic acids is 1. The number of benzene rings is 2. The molecule has 0 unspecified atom stereocenters. The van der Waals surface area contributed by atoms with Gasteiger partial charge in [-0.25, -0.2) is 9.59 Å².